The van der Waals surface area contributed by atoms with Crippen LogP contribution in [0.5, 0.6) is 0 Å². The molecule has 1 aromatic carbocycles. The first-order valence-electron chi connectivity index (χ1n) is 11.2. The van der Waals surface area contributed by atoms with E-state index in [0.717, 1.165) is 0 Å². The van der Waals surface area contributed by atoms with Crippen LogP contribution in [-0.4, -0.2) is 64.7 Å². The molecule has 1 fully saturated rings. The molecule has 0 radical (unpaired) electrons. The highest BCUT2D eigenvalue weighted by atomic mass is 32.2. The molecule has 35 heavy (non-hydrogen) atoms. The number of fused-ring (bicyclic) bond motifs is 2. The number of methoxy groups -OCH3 is 1. The summed E-state index contributed by atoms with van der Waals surface area (Å²) in [5.41, 5.74) is 9.19. The summed E-state index contributed by atoms with van der Waals surface area (Å²) in [6.07, 6.45) is 5.82. The SMILES string of the molecule is COC1CCN(S(=O)(=O)c2cc(N)c3cccnc3c2-c2ccn3ncc(CC(=O)O)c3c2)CC1. The highest BCUT2D eigenvalue weighted by Gasteiger charge is 2.33. The van der Waals surface area contributed by atoms with Crippen LogP contribution in [-0.2, 0) is 26.0 Å². The zero-order valence-corrected chi connectivity index (χ0v) is 19.9. The number of rotatable bonds is 6. The van der Waals surface area contributed by atoms with Crippen LogP contribution in [0, 0.1) is 0 Å². The Morgan fingerprint density at radius 1 is 1.26 bits per heavy atom. The number of aromatic nitrogens is 3. The molecule has 0 spiro atoms. The largest absolute Gasteiger partial charge is 0.481 e. The van der Waals surface area contributed by atoms with E-state index < -0.39 is 16.0 Å². The van der Waals surface area contributed by atoms with E-state index in [1.165, 1.54) is 16.6 Å². The zero-order valence-electron chi connectivity index (χ0n) is 19.1. The van der Waals surface area contributed by atoms with E-state index >= 15 is 0 Å². The number of piperidine rings is 1. The van der Waals surface area contributed by atoms with Crippen LogP contribution in [0.25, 0.3) is 27.5 Å². The Kier molecular flexibility index (Phi) is 5.91. The minimum atomic E-state index is -3.91. The van der Waals surface area contributed by atoms with Gasteiger partial charge in [-0.1, -0.05) is 0 Å². The zero-order chi connectivity index (χ0) is 24.7. The monoisotopic (exact) mass is 495 g/mol. The number of hydrogen-bond acceptors (Lipinski definition) is 7. The number of hydrogen-bond donors (Lipinski definition) is 2. The van der Waals surface area contributed by atoms with Gasteiger partial charge in [0.05, 0.1) is 34.7 Å². The van der Waals surface area contributed by atoms with Gasteiger partial charge in [-0.05, 0) is 48.7 Å². The number of carboxylic acids is 1. The quantitative estimate of drug-likeness (QED) is 0.389. The minimum Gasteiger partial charge on any atom is -0.481 e. The second kappa shape index (κ2) is 8.91. The number of nitrogens with zero attached hydrogens (tertiary/aromatic N) is 4. The van der Waals surface area contributed by atoms with Crippen LogP contribution in [0.1, 0.15) is 18.4 Å². The summed E-state index contributed by atoms with van der Waals surface area (Å²) in [7, 11) is -2.28. The summed E-state index contributed by atoms with van der Waals surface area (Å²) >= 11 is 0. The van der Waals surface area contributed by atoms with Gasteiger partial charge < -0.3 is 15.6 Å². The normalized spacial score (nSPS) is 15.7. The van der Waals surface area contributed by atoms with Gasteiger partial charge in [0.15, 0.2) is 0 Å². The number of pyridine rings is 2. The fraction of sp³-hybridized carbons (Fsp3) is 0.292. The summed E-state index contributed by atoms with van der Waals surface area (Å²) in [5.74, 6) is -0.979. The van der Waals surface area contributed by atoms with Crippen LogP contribution in [0.15, 0.2) is 53.8 Å². The van der Waals surface area contributed by atoms with Gasteiger partial charge in [-0.15, -0.1) is 0 Å². The lowest BCUT2D eigenvalue weighted by Gasteiger charge is -2.31. The van der Waals surface area contributed by atoms with E-state index in [0.29, 0.717) is 64.7 Å². The highest BCUT2D eigenvalue weighted by Crippen LogP contribution is 2.39. The number of nitrogen functional groups attached to an aromatic ring is 1. The van der Waals surface area contributed by atoms with Crippen molar-refractivity contribution >= 4 is 38.1 Å². The Morgan fingerprint density at radius 2 is 2.03 bits per heavy atom. The van der Waals surface area contributed by atoms with E-state index in [1.54, 1.807) is 48.3 Å². The molecule has 3 N–H and O–H groups in total. The summed E-state index contributed by atoms with van der Waals surface area (Å²) < 4.78 is 36.2. The van der Waals surface area contributed by atoms with E-state index in [1.807, 2.05) is 0 Å². The second-order valence-corrected chi connectivity index (χ2v) is 10.5. The van der Waals surface area contributed by atoms with Crippen molar-refractivity contribution in [2.75, 3.05) is 25.9 Å². The maximum Gasteiger partial charge on any atom is 0.307 e. The first kappa shape index (κ1) is 23.2. The first-order chi connectivity index (χ1) is 16.8. The predicted molar refractivity (Wildman–Crippen MR) is 130 cm³/mol. The van der Waals surface area contributed by atoms with Crippen LogP contribution in [0.4, 0.5) is 5.69 Å². The van der Waals surface area contributed by atoms with Gasteiger partial charge >= 0.3 is 5.97 Å². The molecule has 4 aromatic rings. The summed E-state index contributed by atoms with van der Waals surface area (Å²) in [5, 5.41) is 14.1. The number of ether oxygens (including phenoxy) is 1. The van der Waals surface area contributed by atoms with Crippen molar-refractivity contribution in [3.05, 3.63) is 54.5 Å². The van der Waals surface area contributed by atoms with Gasteiger partial charge in [0.1, 0.15) is 0 Å². The molecule has 1 aliphatic heterocycles. The molecule has 182 valence electrons. The van der Waals surface area contributed by atoms with Gasteiger partial charge in [-0.2, -0.15) is 9.40 Å². The van der Waals surface area contributed by atoms with Gasteiger partial charge in [0.25, 0.3) is 0 Å². The molecule has 0 amide bonds. The minimum absolute atomic E-state index is 0.0289. The second-order valence-electron chi connectivity index (χ2n) is 8.56. The smallest absolute Gasteiger partial charge is 0.307 e. The Morgan fingerprint density at radius 3 is 2.74 bits per heavy atom. The fourth-order valence-electron chi connectivity index (χ4n) is 4.66. The van der Waals surface area contributed by atoms with Crippen molar-refractivity contribution in [3.63, 3.8) is 0 Å². The molecule has 5 rings (SSSR count). The molecule has 1 saturated heterocycles. The van der Waals surface area contributed by atoms with Crippen LogP contribution >= 0.6 is 0 Å². The molecule has 3 aromatic heterocycles. The topological polar surface area (TPSA) is 140 Å². The lowest BCUT2D eigenvalue weighted by molar-refractivity contribution is -0.136. The molecule has 0 unspecified atom stereocenters. The van der Waals surface area contributed by atoms with Crippen molar-refractivity contribution in [1.29, 1.82) is 0 Å². The Bertz CT molecular complexity index is 1540. The molecule has 4 heterocycles. The number of carboxylic acid groups (broad SMARTS) is 1. The van der Waals surface area contributed by atoms with Crippen molar-refractivity contribution in [3.8, 4) is 11.1 Å². The molecular weight excluding hydrogens is 470 g/mol. The van der Waals surface area contributed by atoms with Crippen molar-refractivity contribution < 1.29 is 23.1 Å². The molecule has 0 atom stereocenters. The average molecular weight is 496 g/mol. The lowest BCUT2D eigenvalue weighted by Crippen LogP contribution is -2.40. The van der Waals surface area contributed by atoms with Crippen LogP contribution in [0.2, 0.25) is 0 Å². The number of carbonyl (C=O) groups is 1. The maximum absolute atomic E-state index is 13.9. The molecule has 0 bridgehead atoms. The van der Waals surface area contributed by atoms with E-state index in [9.17, 15) is 18.3 Å². The standard InChI is InChI=1S/C24H25N5O5S/c1-34-17-5-8-28(9-6-17)35(32,33)21-13-19(25)18-3-2-7-26-24(18)23(21)15-4-10-29-20(11-15)16(14-27-29)12-22(30)31/h2-4,7,10-11,13-14,17H,5-6,8-9,12,25H2,1H3,(H,30,31). The molecule has 10 nitrogen and oxygen atoms in total. The summed E-state index contributed by atoms with van der Waals surface area (Å²) in [6.45, 7) is 0.676. The third-order valence-corrected chi connectivity index (χ3v) is 8.40. The Balaban J connectivity index is 1.73. The number of benzene rings is 1. The van der Waals surface area contributed by atoms with Gasteiger partial charge in [-0.3, -0.25) is 9.78 Å². The third kappa shape index (κ3) is 4.11. The Hall–Kier alpha value is -3.54. The predicted octanol–water partition coefficient (Wildman–Crippen LogP) is 2.56. The summed E-state index contributed by atoms with van der Waals surface area (Å²) in [4.78, 5) is 15.9. The van der Waals surface area contributed by atoms with Crippen molar-refractivity contribution in [1.82, 2.24) is 18.9 Å². The highest BCUT2D eigenvalue weighted by molar-refractivity contribution is 7.89. The van der Waals surface area contributed by atoms with E-state index in [2.05, 4.69) is 10.1 Å². The van der Waals surface area contributed by atoms with Crippen LogP contribution < -0.4 is 5.73 Å². The van der Waals surface area contributed by atoms with Gasteiger partial charge in [0.2, 0.25) is 10.0 Å². The maximum atomic E-state index is 13.9. The van der Waals surface area contributed by atoms with Gasteiger partial charge in [0, 0.05) is 54.8 Å². The summed E-state index contributed by atoms with van der Waals surface area (Å²) in [6, 6.07) is 8.55. The molecular formula is C24H25N5O5S. The van der Waals surface area contributed by atoms with Crippen molar-refractivity contribution in [2.45, 2.75) is 30.3 Å². The molecule has 1 aliphatic rings. The molecule has 11 heteroatoms. The third-order valence-electron chi connectivity index (χ3n) is 6.47. The molecule has 0 aliphatic carbocycles. The lowest BCUT2D eigenvalue weighted by atomic mass is 10.0. The van der Waals surface area contributed by atoms with E-state index in [4.69, 9.17) is 10.5 Å². The number of sulfonamides is 1. The number of aliphatic carboxylic acids is 1. The van der Waals surface area contributed by atoms with Crippen LogP contribution in [0.3, 0.4) is 0 Å². The fourth-order valence-corrected chi connectivity index (χ4v) is 6.38. The number of anilines is 1. The van der Waals surface area contributed by atoms with Gasteiger partial charge in [-0.25, -0.2) is 12.9 Å². The molecule has 0 saturated carbocycles. The average Bonchev–Trinajstić information content (AvgIpc) is 3.25. The van der Waals surface area contributed by atoms with E-state index in [-0.39, 0.29) is 17.4 Å². The van der Waals surface area contributed by atoms with Crippen molar-refractivity contribution in [2.24, 2.45) is 0 Å². The first-order valence-corrected chi connectivity index (χ1v) is 12.6. The Labute approximate surface area is 202 Å². The number of nitrogens with two attached hydrogens (primary N) is 1.